The highest BCUT2D eigenvalue weighted by Gasteiger charge is 2.29. The standard InChI is InChI=1S/C28H31N3O6S2/c1-3-37-28(34)23-17-24(18-8-5-4-6-9-18)38-27(23)30-25(32)19-12-14-21(15-13-19)29-26(33)20-10-7-11-22(16-20)31-39(2,35)36/h4-11,16-17,19,21,31H,3,12-15H2,1-2H3,(H,29,33)(H,30,32). The Balaban J connectivity index is 1.36. The van der Waals surface area contributed by atoms with Gasteiger partial charge in [0.05, 0.1) is 18.4 Å². The Labute approximate surface area is 232 Å². The van der Waals surface area contributed by atoms with Crippen LogP contribution < -0.4 is 15.4 Å². The molecule has 3 aromatic rings. The highest BCUT2D eigenvalue weighted by atomic mass is 32.2. The van der Waals surface area contributed by atoms with Crippen molar-refractivity contribution >= 4 is 49.8 Å². The van der Waals surface area contributed by atoms with Gasteiger partial charge in [-0.3, -0.25) is 14.3 Å². The topological polar surface area (TPSA) is 131 Å². The van der Waals surface area contributed by atoms with Crippen molar-refractivity contribution in [3.8, 4) is 10.4 Å². The summed E-state index contributed by atoms with van der Waals surface area (Å²) in [6.07, 6.45) is 3.45. The lowest BCUT2D eigenvalue weighted by Crippen LogP contribution is -2.39. The molecule has 206 valence electrons. The second-order valence-electron chi connectivity index (χ2n) is 9.41. The van der Waals surface area contributed by atoms with Gasteiger partial charge in [0, 0.05) is 28.1 Å². The van der Waals surface area contributed by atoms with Crippen LogP contribution in [0.5, 0.6) is 0 Å². The van der Waals surface area contributed by atoms with Crippen LogP contribution in [-0.4, -0.2) is 45.1 Å². The van der Waals surface area contributed by atoms with E-state index in [0.29, 0.717) is 47.5 Å². The van der Waals surface area contributed by atoms with Crippen LogP contribution in [-0.2, 0) is 19.6 Å². The molecule has 4 rings (SSSR count). The first-order chi connectivity index (χ1) is 18.6. The fraction of sp³-hybridized carbons (Fsp3) is 0.321. The number of carbonyl (C=O) groups excluding carboxylic acids is 3. The molecule has 1 aliphatic carbocycles. The largest absolute Gasteiger partial charge is 0.462 e. The van der Waals surface area contributed by atoms with Gasteiger partial charge in [-0.15, -0.1) is 11.3 Å². The van der Waals surface area contributed by atoms with E-state index in [-0.39, 0.29) is 30.4 Å². The average molecular weight is 570 g/mol. The van der Waals surface area contributed by atoms with E-state index in [1.807, 2.05) is 30.3 Å². The maximum atomic E-state index is 13.1. The van der Waals surface area contributed by atoms with Crippen LogP contribution >= 0.6 is 11.3 Å². The number of esters is 1. The van der Waals surface area contributed by atoms with Crippen molar-refractivity contribution in [1.82, 2.24) is 5.32 Å². The number of ether oxygens (including phenoxy) is 1. The van der Waals surface area contributed by atoms with Crippen LogP contribution in [0.15, 0.2) is 60.7 Å². The molecule has 39 heavy (non-hydrogen) atoms. The summed E-state index contributed by atoms with van der Waals surface area (Å²) in [6, 6.07) is 17.6. The van der Waals surface area contributed by atoms with Gasteiger partial charge in [0.1, 0.15) is 5.00 Å². The lowest BCUT2D eigenvalue weighted by molar-refractivity contribution is -0.120. The van der Waals surface area contributed by atoms with Gasteiger partial charge in [0.15, 0.2) is 0 Å². The Hall–Kier alpha value is -3.70. The zero-order valence-corrected chi connectivity index (χ0v) is 23.4. The molecule has 1 fully saturated rings. The molecule has 2 aromatic carbocycles. The molecule has 0 aliphatic heterocycles. The number of amides is 2. The molecule has 2 amide bonds. The van der Waals surface area contributed by atoms with Gasteiger partial charge in [-0.2, -0.15) is 0 Å². The average Bonchev–Trinajstić information content (AvgIpc) is 3.33. The molecule has 0 atom stereocenters. The first-order valence-corrected chi connectivity index (χ1v) is 15.4. The summed E-state index contributed by atoms with van der Waals surface area (Å²) in [5, 5.41) is 6.41. The minimum absolute atomic E-state index is 0.102. The molecule has 0 unspecified atom stereocenters. The lowest BCUT2D eigenvalue weighted by Gasteiger charge is -2.28. The Morgan fingerprint density at radius 3 is 2.36 bits per heavy atom. The fourth-order valence-electron chi connectivity index (χ4n) is 4.51. The number of benzene rings is 2. The molecule has 3 N–H and O–H groups in total. The molecular formula is C28H31N3O6S2. The number of nitrogens with one attached hydrogen (secondary N) is 3. The third-order valence-corrected chi connectivity index (χ3v) is 8.09. The van der Waals surface area contributed by atoms with Crippen LogP contribution in [0.1, 0.15) is 53.3 Å². The zero-order chi connectivity index (χ0) is 28.0. The van der Waals surface area contributed by atoms with Gasteiger partial charge in [0.25, 0.3) is 5.91 Å². The fourth-order valence-corrected chi connectivity index (χ4v) is 6.12. The predicted octanol–water partition coefficient (Wildman–Crippen LogP) is 4.89. The van der Waals surface area contributed by atoms with Gasteiger partial charge in [-0.05, 0) is 62.4 Å². The maximum absolute atomic E-state index is 13.1. The Morgan fingerprint density at radius 1 is 0.974 bits per heavy atom. The SMILES string of the molecule is CCOC(=O)c1cc(-c2ccccc2)sc1NC(=O)C1CCC(NC(=O)c2cccc(NS(C)(=O)=O)c2)CC1. The van der Waals surface area contributed by atoms with Crippen LogP contribution in [0.2, 0.25) is 0 Å². The second kappa shape index (κ2) is 12.4. The summed E-state index contributed by atoms with van der Waals surface area (Å²) in [4.78, 5) is 39.3. The molecule has 9 nitrogen and oxygen atoms in total. The summed E-state index contributed by atoms with van der Waals surface area (Å²) < 4.78 is 30.5. The second-order valence-corrected chi connectivity index (χ2v) is 12.2. The molecule has 1 saturated carbocycles. The number of carbonyl (C=O) groups is 3. The first kappa shape index (κ1) is 28.3. The molecule has 0 saturated heterocycles. The van der Waals surface area contributed by atoms with E-state index in [9.17, 15) is 22.8 Å². The normalized spacial score (nSPS) is 17.2. The first-order valence-electron chi connectivity index (χ1n) is 12.7. The minimum Gasteiger partial charge on any atom is -0.462 e. The van der Waals surface area contributed by atoms with Crippen molar-refractivity contribution in [3.63, 3.8) is 0 Å². The molecule has 0 radical (unpaired) electrons. The van der Waals surface area contributed by atoms with Gasteiger partial charge in [-0.1, -0.05) is 36.4 Å². The highest BCUT2D eigenvalue weighted by molar-refractivity contribution is 7.92. The molecular weight excluding hydrogens is 538 g/mol. The summed E-state index contributed by atoms with van der Waals surface area (Å²) in [5.41, 5.74) is 1.95. The smallest absolute Gasteiger partial charge is 0.341 e. The maximum Gasteiger partial charge on any atom is 0.341 e. The third kappa shape index (κ3) is 7.67. The van der Waals surface area contributed by atoms with Crippen LogP contribution in [0.25, 0.3) is 10.4 Å². The summed E-state index contributed by atoms with van der Waals surface area (Å²) in [7, 11) is -3.45. The van der Waals surface area contributed by atoms with Crippen molar-refractivity contribution in [1.29, 1.82) is 0 Å². The van der Waals surface area contributed by atoms with Gasteiger partial charge < -0.3 is 15.4 Å². The number of anilines is 2. The summed E-state index contributed by atoms with van der Waals surface area (Å²) in [6.45, 7) is 1.97. The third-order valence-electron chi connectivity index (χ3n) is 6.38. The van der Waals surface area contributed by atoms with Crippen molar-refractivity contribution < 1.29 is 27.5 Å². The predicted molar refractivity (Wildman–Crippen MR) is 152 cm³/mol. The molecule has 0 bridgehead atoms. The van der Waals surface area contributed by atoms with Crippen molar-refractivity contribution in [3.05, 3.63) is 71.8 Å². The van der Waals surface area contributed by atoms with E-state index in [2.05, 4.69) is 15.4 Å². The Bertz CT molecular complexity index is 1440. The number of thiophene rings is 1. The van der Waals surface area contributed by atoms with Crippen molar-refractivity contribution in [2.75, 3.05) is 22.9 Å². The van der Waals surface area contributed by atoms with Crippen molar-refractivity contribution in [2.45, 2.75) is 38.6 Å². The molecule has 1 heterocycles. The van der Waals surface area contributed by atoms with Gasteiger partial charge in [-0.25, -0.2) is 13.2 Å². The Morgan fingerprint density at radius 2 is 1.69 bits per heavy atom. The number of rotatable bonds is 9. The van der Waals surface area contributed by atoms with E-state index in [1.165, 1.54) is 17.4 Å². The lowest BCUT2D eigenvalue weighted by atomic mass is 9.85. The van der Waals surface area contributed by atoms with E-state index >= 15 is 0 Å². The quantitative estimate of drug-likeness (QED) is 0.315. The number of hydrogen-bond acceptors (Lipinski definition) is 7. The molecule has 1 aromatic heterocycles. The van der Waals surface area contributed by atoms with Gasteiger partial charge in [0.2, 0.25) is 15.9 Å². The summed E-state index contributed by atoms with van der Waals surface area (Å²) in [5.74, 6) is -1.19. The number of sulfonamides is 1. The zero-order valence-electron chi connectivity index (χ0n) is 21.7. The van der Waals surface area contributed by atoms with E-state index < -0.39 is 16.0 Å². The monoisotopic (exact) mass is 569 g/mol. The minimum atomic E-state index is -3.45. The van der Waals surface area contributed by atoms with Gasteiger partial charge >= 0.3 is 5.97 Å². The van der Waals surface area contributed by atoms with Crippen molar-refractivity contribution in [2.24, 2.45) is 5.92 Å². The Kier molecular flexibility index (Phi) is 9.03. The molecule has 1 aliphatic rings. The number of hydrogen-bond donors (Lipinski definition) is 3. The molecule has 11 heteroatoms. The van der Waals surface area contributed by atoms with E-state index in [4.69, 9.17) is 4.74 Å². The summed E-state index contributed by atoms with van der Waals surface area (Å²) >= 11 is 1.34. The van der Waals surface area contributed by atoms with E-state index in [1.54, 1.807) is 31.2 Å². The van der Waals surface area contributed by atoms with Crippen LogP contribution in [0.4, 0.5) is 10.7 Å². The van der Waals surface area contributed by atoms with Crippen LogP contribution in [0, 0.1) is 5.92 Å². The highest BCUT2D eigenvalue weighted by Crippen LogP contribution is 2.37. The van der Waals surface area contributed by atoms with Crippen LogP contribution in [0.3, 0.4) is 0 Å². The van der Waals surface area contributed by atoms with E-state index in [0.717, 1.165) is 16.7 Å². The molecule has 0 spiro atoms.